The van der Waals surface area contributed by atoms with Gasteiger partial charge in [0, 0.05) is 11.5 Å². The van der Waals surface area contributed by atoms with Gasteiger partial charge in [-0.1, -0.05) is 5.16 Å². The van der Waals surface area contributed by atoms with Crippen LogP contribution in [0.15, 0.2) is 38.6 Å². The van der Waals surface area contributed by atoms with Crippen LogP contribution in [0.1, 0.15) is 5.56 Å². The average molecular weight is 403 g/mol. The molecule has 0 amide bonds. The second-order valence-corrected chi connectivity index (χ2v) is 5.63. The van der Waals surface area contributed by atoms with Gasteiger partial charge in [-0.3, -0.25) is 4.28 Å². The smallest absolute Gasteiger partial charge is 0.497 e. The van der Waals surface area contributed by atoms with Crippen LogP contribution in [0.4, 0.5) is 26.3 Å². The molecule has 0 aliphatic carbocycles. The third-order valence-electron chi connectivity index (χ3n) is 2.85. The molecule has 2 aromatic rings. The van der Waals surface area contributed by atoms with Crippen molar-refractivity contribution in [2.45, 2.75) is 11.7 Å². The standard InChI is InChI=1S/C13H7F6NO5S/c1-23-7-3-2-6-4-8(11(21)24-9(6)5-7)10(12(14,15)16)20-25-26(22)13(17,18)19/h2-5H,1H3/b20-10+. The first-order valence-corrected chi connectivity index (χ1v) is 7.44. The first-order valence-electron chi connectivity index (χ1n) is 6.37. The predicted molar refractivity (Wildman–Crippen MR) is 76.9 cm³/mol. The zero-order chi connectivity index (χ0) is 19.7. The number of fused-ring (bicyclic) bond motifs is 1. The van der Waals surface area contributed by atoms with Gasteiger partial charge in [-0.05, 0) is 18.2 Å². The molecule has 0 saturated heterocycles. The van der Waals surface area contributed by atoms with E-state index < -0.39 is 39.7 Å². The Morgan fingerprint density at radius 2 is 1.81 bits per heavy atom. The van der Waals surface area contributed by atoms with Crippen LogP contribution in [0.3, 0.4) is 0 Å². The molecule has 1 aromatic heterocycles. The molecule has 0 fully saturated rings. The summed E-state index contributed by atoms with van der Waals surface area (Å²) in [6, 6.07) is 4.53. The van der Waals surface area contributed by atoms with E-state index in [0.717, 1.165) is 0 Å². The molecule has 0 aliphatic rings. The van der Waals surface area contributed by atoms with Crippen molar-refractivity contribution in [2.24, 2.45) is 5.16 Å². The molecule has 1 aromatic carbocycles. The summed E-state index contributed by atoms with van der Waals surface area (Å²) in [4.78, 5) is 11.8. The monoisotopic (exact) mass is 403 g/mol. The van der Waals surface area contributed by atoms with Gasteiger partial charge in [-0.25, -0.2) is 9.00 Å². The minimum Gasteiger partial charge on any atom is -0.497 e. The number of benzene rings is 1. The fraction of sp³-hybridized carbons (Fsp3) is 0.231. The zero-order valence-electron chi connectivity index (χ0n) is 12.5. The highest BCUT2D eigenvalue weighted by Crippen LogP contribution is 2.27. The van der Waals surface area contributed by atoms with Crippen LogP contribution in [-0.2, 0) is 15.4 Å². The minimum absolute atomic E-state index is 0.00861. The van der Waals surface area contributed by atoms with E-state index in [9.17, 15) is 35.3 Å². The topological polar surface area (TPSA) is 78.1 Å². The molecule has 2 rings (SSSR count). The molecule has 26 heavy (non-hydrogen) atoms. The lowest BCUT2D eigenvalue weighted by Crippen LogP contribution is -2.30. The number of hydrogen-bond acceptors (Lipinski definition) is 6. The Labute approximate surface area is 142 Å². The second kappa shape index (κ2) is 6.97. The zero-order valence-corrected chi connectivity index (χ0v) is 13.3. The van der Waals surface area contributed by atoms with E-state index in [0.29, 0.717) is 6.07 Å². The van der Waals surface area contributed by atoms with Crippen LogP contribution in [0.25, 0.3) is 11.0 Å². The van der Waals surface area contributed by atoms with Gasteiger partial charge in [-0.2, -0.15) is 26.3 Å². The van der Waals surface area contributed by atoms with Crippen molar-refractivity contribution in [3.63, 3.8) is 0 Å². The number of halogens is 6. The maximum Gasteiger partial charge on any atom is 0.510 e. The van der Waals surface area contributed by atoms with E-state index >= 15 is 0 Å². The Bertz CT molecular complexity index is 933. The van der Waals surface area contributed by atoms with E-state index in [2.05, 4.69) is 9.44 Å². The molecule has 1 unspecified atom stereocenters. The number of alkyl halides is 6. The first-order chi connectivity index (χ1) is 11.9. The SMILES string of the molecule is COc1ccc2cc(/C(=N\OS(=O)C(F)(F)F)C(F)(F)F)c(=O)oc2c1. The molecule has 0 bridgehead atoms. The Morgan fingerprint density at radius 1 is 1.15 bits per heavy atom. The Morgan fingerprint density at radius 3 is 2.35 bits per heavy atom. The van der Waals surface area contributed by atoms with Gasteiger partial charge < -0.3 is 9.15 Å². The molecule has 13 heteroatoms. The third-order valence-corrected chi connectivity index (χ3v) is 3.44. The normalized spacial score (nSPS) is 14.3. The number of rotatable bonds is 4. The van der Waals surface area contributed by atoms with E-state index in [1.165, 1.54) is 25.3 Å². The van der Waals surface area contributed by atoms with Gasteiger partial charge in [0.25, 0.3) is 0 Å². The van der Waals surface area contributed by atoms with Crippen LogP contribution in [0.5, 0.6) is 5.75 Å². The lowest BCUT2D eigenvalue weighted by molar-refractivity contribution is -0.0618. The lowest BCUT2D eigenvalue weighted by Gasteiger charge is -2.10. The molecular formula is C13H7F6NO5S. The molecule has 0 aliphatic heterocycles. The van der Waals surface area contributed by atoms with Crippen LogP contribution >= 0.6 is 0 Å². The van der Waals surface area contributed by atoms with Gasteiger partial charge >= 0.3 is 28.4 Å². The van der Waals surface area contributed by atoms with Gasteiger partial charge in [0.05, 0.1) is 12.7 Å². The van der Waals surface area contributed by atoms with Crippen molar-refractivity contribution in [1.29, 1.82) is 0 Å². The molecule has 6 nitrogen and oxygen atoms in total. The number of methoxy groups -OCH3 is 1. The van der Waals surface area contributed by atoms with E-state index in [-0.39, 0.29) is 16.7 Å². The summed E-state index contributed by atoms with van der Waals surface area (Å²) in [6.07, 6.45) is -5.38. The van der Waals surface area contributed by atoms with Crippen LogP contribution in [0, 0.1) is 0 Å². The summed E-state index contributed by atoms with van der Waals surface area (Å²) < 4.78 is 99.1. The maximum atomic E-state index is 13.1. The van der Waals surface area contributed by atoms with Crippen molar-refractivity contribution in [3.8, 4) is 5.75 Å². The Balaban J connectivity index is 2.57. The molecule has 0 spiro atoms. The summed E-state index contributed by atoms with van der Waals surface area (Å²) in [5.41, 5.74) is -10.5. The number of ether oxygens (including phenoxy) is 1. The predicted octanol–water partition coefficient (Wildman–Crippen LogP) is 3.27. The van der Waals surface area contributed by atoms with Crippen LogP contribution in [0.2, 0.25) is 0 Å². The highest BCUT2D eigenvalue weighted by molar-refractivity contribution is 7.81. The summed E-state index contributed by atoms with van der Waals surface area (Å²) in [7, 11) is 1.31. The molecule has 1 atom stereocenters. The van der Waals surface area contributed by atoms with Gasteiger partial charge in [-0.15, -0.1) is 0 Å². The highest BCUT2D eigenvalue weighted by atomic mass is 32.2. The fourth-order valence-electron chi connectivity index (χ4n) is 1.75. The molecule has 0 saturated carbocycles. The van der Waals surface area contributed by atoms with Gasteiger partial charge in [0.15, 0.2) is 5.71 Å². The molecule has 1 heterocycles. The summed E-state index contributed by atoms with van der Waals surface area (Å²) >= 11 is -4.14. The minimum atomic E-state index is -5.45. The molecule has 142 valence electrons. The van der Waals surface area contributed by atoms with Crippen LogP contribution in [-0.4, -0.2) is 28.7 Å². The number of oxime groups is 1. The van der Waals surface area contributed by atoms with Crippen LogP contribution < -0.4 is 10.4 Å². The van der Waals surface area contributed by atoms with Crippen molar-refractivity contribution in [3.05, 3.63) is 40.2 Å². The van der Waals surface area contributed by atoms with Crippen molar-refractivity contribution < 1.29 is 44.0 Å². The molecule has 0 N–H and O–H groups in total. The fourth-order valence-corrected chi connectivity index (χ4v) is 1.98. The third kappa shape index (κ3) is 4.33. The maximum absolute atomic E-state index is 13.1. The van der Waals surface area contributed by atoms with Gasteiger partial charge in [0.1, 0.15) is 11.3 Å². The second-order valence-electron chi connectivity index (χ2n) is 4.54. The van der Waals surface area contributed by atoms with E-state index in [1.807, 2.05) is 0 Å². The number of hydrogen-bond donors (Lipinski definition) is 0. The summed E-state index contributed by atoms with van der Waals surface area (Å²) in [5, 5.41) is 2.23. The lowest BCUT2D eigenvalue weighted by atomic mass is 10.1. The molecular weight excluding hydrogens is 396 g/mol. The Hall–Kier alpha value is -2.57. The number of nitrogens with zero attached hydrogens (tertiary/aromatic N) is 1. The largest absolute Gasteiger partial charge is 0.510 e. The van der Waals surface area contributed by atoms with Crippen molar-refractivity contribution >= 4 is 27.8 Å². The molecule has 0 radical (unpaired) electrons. The summed E-state index contributed by atoms with van der Waals surface area (Å²) in [5.74, 6) is 0.252. The summed E-state index contributed by atoms with van der Waals surface area (Å²) in [6.45, 7) is 0. The quantitative estimate of drug-likeness (QED) is 0.339. The van der Waals surface area contributed by atoms with E-state index in [4.69, 9.17) is 9.15 Å². The first kappa shape index (κ1) is 19.8. The van der Waals surface area contributed by atoms with E-state index in [1.54, 1.807) is 0 Å². The average Bonchev–Trinajstić information content (AvgIpc) is 2.52. The van der Waals surface area contributed by atoms with Crippen molar-refractivity contribution in [2.75, 3.05) is 7.11 Å². The highest BCUT2D eigenvalue weighted by Gasteiger charge is 2.43. The Kier molecular flexibility index (Phi) is 5.30. The van der Waals surface area contributed by atoms with Crippen molar-refractivity contribution in [1.82, 2.24) is 0 Å². The van der Waals surface area contributed by atoms with Gasteiger partial charge in [0.2, 0.25) is 0 Å².